The summed E-state index contributed by atoms with van der Waals surface area (Å²) in [6, 6.07) is 0. The van der Waals surface area contributed by atoms with Crippen LogP contribution in [0.15, 0.2) is 0 Å². The number of carbonyl (C=O) groups excluding carboxylic acids is 3. The standard InChI is InChI=1S/C25H37IN2O5/c1-13-10-19(33-23(32)27-22(31)17-12-28-9-6-16(17)11-28)25(26)14(2)4-7-24(15(3)20(13)30)8-5-18(29)21(24)25/h13-17,19-21,30H,4-12H2,1-3H3,(H,27,31,32)/t13?,14-,15+,16-,17+,19-,20-,21?,24?,25-/m1/s1. The summed E-state index contributed by atoms with van der Waals surface area (Å²) in [6.45, 7) is 8.96. The second kappa shape index (κ2) is 8.43. The maximum atomic E-state index is 13.3. The summed E-state index contributed by atoms with van der Waals surface area (Å²) in [5, 5.41) is 13.7. The molecule has 0 aromatic rings. The second-order valence-electron chi connectivity index (χ2n) is 11.7. The van der Waals surface area contributed by atoms with Crippen molar-refractivity contribution in [3.05, 3.63) is 0 Å². The summed E-state index contributed by atoms with van der Waals surface area (Å²) in [7, 11) is 0. The molecule has 184 valence electrons. The van der Waals surface area contributed by atoms with Gasteiger partial charge in [-0.2, -0.15) is 0 Å². The molecular weight excluding hydrogens is 535 g/mol. The van der Waals surface area contributed by atoms with E-state index in [0.29, 0.717) is 25.3 Å². The van der Waals surface area contributed by atoms with Gasteiger partial charge in [0.05, 0.1) is 15.4 Å². The Balaban J connectivity index is 1.40. The van der Waals surface area contributed by atoms with Crippen LogP contribution in [0, 0.1) is 40.9 Å². The molecule has 0 radical (unpaired) electrons. The Morgan fingerprint density at radius 1 is 1.18 bits per heavy atom. The van der Waals surface area contributed by atoms with Gasteiger partial charge < -0.3 is 14.7 Å². The van der Waals surface area contributed by atoms with Gasteiger partial charge in [-0.25, -0.2) is 4.79 Å². The minimum absolute atomic E-state index is 0.0229. The van der Waals surface area contributed by atoms with Crippen LogP contribution in [-0.4, -0.2) is 63.1 Å². The summed E-state index contributed by atoms with van der Waals surface area (Å²) >= 11 is 2.43. The number of aliphatic hydroxyl groups is 1. The van der Waals surface area contributed by atoms with Crippen molar-refractivity contribution in [3.63, 3.8) is 0 Å². The van der Waals surface area contributed by atoms with Crippen LogP contribution in [-0.2, 0) is 14.3 Å². The number of alkyl halides is 1. The maximum Gasteiger partial charge on any atom is 0.414 e. The quantitative estimate of drug-likeness (QED) is 0.390. The predicted octanol–water partition coefficient (Wildman–Crippen LogP) is 3.17. The number of Topliss-reactive ketones (excluding diaryl/α,β-unsaturated/α-hetero) is 1. The molecule has 7 nitrogen and oxygen atoms in total. The molecule has 2 N–H and O–H groups in total. The number of fused-ring (bicyclic) bond motifs is 2. The number of imide groups is 1. The van der Waals surface area contributed by atoms with E-state index >= 15 is 0 Å². The first-order valence-electron chi connectivity index (χ1n) is 12.7. The molecule has 5 rings (SSSR count). The van der Waals surface area contributed by atoms with E-state index in [0.717, 1.165) is 38.8 Å². The van der Waals surface area contributed by atoms with Gasteiger partial charge in [-0.15, -0.1) is 0 Å². The van der Waals surface area contributed by atoms with Gasteiger partial charge in [0, 0.05) is 25.4 Å². The van der Waals surface area contributed by atoms with Crippen molar-refractivity contribution >= 4 is 40.4 Å². The Bertz CT molecular complexity index is 853. The van der Waals surface area contributed by atoms with Gasteiger partial charge in [-0.05, 0) is 67.7 Å². The molecule has 5 fully saturated rings. The Morgan fingerprint density at radius 2 is 1.94 bits per heavy atom. The summed E-state index contributed by atoms with van der Waals surface area (Å²) in [5.74, 6) is 0.0712. The number of halogens is 1. The second-order valence-corrected chi connectivity index (χ2v) is 13.6. The predicted molar refractivity (Wildman–Crippen MR) is 131 cm³/mol. The number of piperidine rings is 1. The number of rotatable bonds is 2. The van der Waals surface area contributed by atoms with Crippen LogP contribution < -0.4 is 5.32 Å². The summed E-state index contributed by atoms with van der Waals surface area (Å²) in [4.78, 5) is 41.4. The lowest BCUT2D eigenvalue weighted by atomic mass is 9.51. The third kappa shape index (κ3) is 3.60. The molecular formula is C25H37IN2O5. The molecule has 0 aromatic heterocycles. The van der Waals surface area contributed by atoms with E-state index in [2.05, 4.69) is 46.7 Å². The van der Waals surface area contributed by atoms with E-state index in [1.807, 2.05) is 6.92 Å². The Morgan fingerprint density at radius 3 is 2.61 bits per heavy atom. The Hall–Kier alpha value is -0.740. The molecule has 8 heteroatoms. The third-order valence-corrected chi connectivity index (χ3v) is 12.6. The summed E-state index contributed by atoms with van der Waals surface area (Å²) in [6.07, 6.45) is 2.91. The highest BCUT2D eigenvalue weighted by atomic mass is 127. The molecule has 3 saturated carbocycles. The molecule has 2 aliphatic heterocycles. The van der Waals surface area contributed by atoms with Crippen LogP contribution in [0.2, 0.25) is 0 Å². The molecule has 5 aliphatic rings. The van der Waals surface area contributed by atoms with Crippen LogP contribution in [0.4, 0.5) is 4.79 Å². The van der Waals surface area contributed by atoms with E-state index in [4.69, 9.17) is 4.74 Å². The van der Waals surface area contributed by atoms with E-state index in [-0.39, 0.29) is 46.7 Å². The largest absolute Gasteiger partial charge is 0.444 e. The fraction of sp³-hybridized carbons (Fsp3) is 0.880. The normalized spacial score (nSPS) is 50.9. The number of nitrogens with zero attached hydrogens (tertiary/aromatic N) is 1. The number of alkyl carbamates (subject to hydrolysis) is 1. The van der Waals surface area contributed by atoms with Gasteiger partial charge in [0.15, 0.2) is 0 Å². The molecule has 33 heavy (non-hydrogen) atoms. The molecule has 2 saturated heterocycles. The zero-order valence-electron chi connectivity index (χ0n) is 19.9. The Labute approximate surface area is 209 Å². The average molecular weight is 572 g/mol. The highest BCUT2D eigenvalue weighted by molar-refractivity contribution is 14.1. The van der Waals surface area contributed by atoms with Crippen molar-refractivity contribution in [3.8, 4) is 0 Å². The number of ketones is 1. The number of amides is 2. The minimum Gasteiger partial charge on any atom is -0.444 e. The monoisotopic (exact) mass is 572 g/mol. The van der Waals surface area contributed by atoms with Crippen LogP contribution in [0.5, 0.6) is 0 Å². The van der Waals surface area contributed by atoms with Crippen molar-refractivity contribution in [2.24, 2.45) is 40.9 Å². The lowest BCUT2D eigenvalue weighted by molar-refractivity contribution is -0.142. The molecule has 2 amide bonds. The molecule has 3 aliphatic carbocycles. The molecule has 2 heterocycles. The summed E-state index contributed by atoms with van der Waals surface area (Å²) < 4.78 is 5.51. The van der Waals surface area contributed by atoms with Crippen molar-refractivity contribution in [2.75, 3.05) is 19.6 Å². The van der Waals surface area contributed by atoms with E-state index < -0.39 is 21.7 Å². The first-order valence-corrected chi connectivity index (χ1v) is 13.8. The number of carbonyl (C=O) groups is 3. The van der Waals surface area contributed by atoms with E-state index in [1.54, 1.807) is 0 Å². The highest BCUT2D eigenvalue weighted by Crippen LogP contribution is 2.66. The van der Waals surface area contributed by atoms with Gasteiger partial charge in [-0.3, -0.25) is 14.9 Å². The molecule has 11 atom stereocenters. The van der Waals surface area contributed by atoms with Gasteiger partial charge in [-0.1, -0.05) is 43.4 Å². The highest BCUT2D eigenvalue weighted by Gasteiger charge is 2.68. The molecule has 0 spiro atoms. The van der Waals surface area contributed by atoms with Crippen LogP contribution in [0.1, 0.15) is 59.3 Å². The fourth-order valence-corrected chi connectivity index (χ4v) is 9.86. The molecule has 4 unspecified atom stereocenters. The number of hydrogen-bond donors (Lipinski definition) is 2. The van der Waals surface area contributed by atoms with Gasteiger partial charge in [0.1, 0.15) is 11.9 Å². The fourth-order valence-electron chi connectivity index (χ4n) is 8.20. The van der Waals surface area contributed by atoms with Crippen molar-refractivity contribution in [1.29, 1.82) is 0 Å². The zero-order valence-corrected chi connectivity index (χ0v) is 22.0. The van der Waals surface area contributed by atoms with Crippen molar-refractivity contribution in [1.82, 2.24) is 10.2 Å². The van der Waals surface area contributed by atoms with Crippen molar-refractivity contribution < 1.29 is 24.2 Å². The summed E-state index contributed by atoms with van der Waals surface area (Å²) in [5.41, 5.74) is -0.246. The van der Waals surface area contributed by atoms with Crippen LogP contribution >= 0.6 is 22.6 Å². The average Bonchev–Trinajstić information content (AvgIpc) is 3.49. The topological polar surface area (TPSA) is 95.9 Å². The van der Waals surface area contributed by atoms with Gasteiger partial charge in [0.25, 0.3) is 0 Å². The van der Waals surface area contributed by atoms with Crippen LogP contribution in [0.3, 0.4) is 0 Å². The Kier molecular flexibility index (Phi) is 6.13. The van der Waals surface area contributed by atoms with E-state index in [9.17, 15) is 19.5 Å². The number of aliphatic hydroxyl groups excluding tert-OH is 1. The number of hydrogen-bond acceptors (Lipinski definition) is 6. The lowest BCUT2D eigenvalue weighted by Crippen LogP contribution is -2.64. The number of ether oxygens (including phenoxy) is 1. The van der Waals surface area contributed by atoms with Crippen LogP contribution in [0.25, 0.3) is 0 Å². The zero-order chi connectivity index (χ0) is 23.7. The minimum atomic E-state index is -0.706. The third-order valence-electron chi connectivity index (χ3n) is 10.2. The first-order chi connectivity index (χ1) is 15.6. The maximum absolute atomic E-state index is 13.3. The van der Waals surface area contributed by atoms with Crippen molar-refractivity contribution in [2.45, 2.75) is 74.9 Å². The lowest BCUT2D eigenvalue weighted by Gasteiger charge is -2.59. The first kappa shape index (κ1) is 24.0. The molecule has 0 aromatic carbocycles. The molecule has 4 bridgehead atoms. The van der Waals surface area contributed by atoms with E-state index in [1.165, 1.54) is 0 Å². The smallest absolute Gasteiger partial charge is 0.414 e. The number of nitrogens with one attached hydrogen (secondary N) is 1. The SMILES string of the molecule is CC1C[C@@H](OC(=O)NC(=O)[C@H]2CN3CC[C@@H]2C3)[C@@]2(I)C3C(=O)CCC3(CC[C@H]2C)[C@@H](C)[C@@H]1O. The van der Waals surface area contributed by atoms with Gasteiger partial charge >= 0.3 is 6.09 Å². The van der Waals surface area contributed by atoms with Gasteiger partial charge in [0.2, 0.25) is 5.91 Å².